The van der Waals surface area contributed by atoms with Crippen LogP contribution in [0.4, 0.5) is 0 Å². The van der Waals surface area contributed by atoms with Gasteiger partial charge in [-0.2, -0.15) is 0 Å². The molecule has 1 atom stereocenters. The van der Waals surface area contributed by atoms with Crippen molar-refractivity contribution < 1.29 is 19.8 Å². The zero-order valence-corrected chi connectivity index (χ0v) is 8.36. The van der Waals surface area contributed by atoms with E-state index in [1.807, 2.05) is 0 Å². The Hall–Kier alpha value is -1.55. The fraction of sp³-hybridized carbons (Fsp3) is 0.200. The van der Waals surface area contributed by atoms with Crippen molar-refractivity contribution in [1.82, 2.24) is 0 Å². The van der Waals surface area contributed by atoms with E-state index in [4.69, 9.17) is 11.6 Å². The van der Waals surface area contributed by atoms with Crippen molar-refractivity contribution in [2.75, 3.05) is 0 Å². The number of carbonyl (C=O) groups is 2. The van der Waals surface area contributed by atoms with Crippen molar-refractivity contribution in [1.29, 1.82) is 0 Å². The van der Waals surface area contributed by atoms with Crippen molar-refractivity contribution >= 4 is 23.5 Å². The number of aliphatic carboxylic acids is 2. The zero-order valence-electron chi connectivity index (χ0n) is 7.60. The van der Waals surface area contributed by atoms with E-state index < -0.39 is 24.3 Å². The number of carboxylic acid groups (broad SMARTS) is 2. The Morgan fingerprint density at radius 3 is 2.13 bits per heavy atom. The molecular weight excluding hydrogens is 220 g/mol. The van der Waals surface area contributed by atoms with Gasteiger partial charge in [-0.25, -0.2) is 0 Å². The van der Waals surface area contributed by atoms with Crippen LogP contribution in [0.15, 0.2) is 24.3 Å². The number of benzene rings is 1. The molecule has 15 heavy (non-hydrogen) atoms. The van der Waals surface area contributed by atoms with Crippen LogP contribution in [0.3, 0.4) is 0 Å². The van der Waals surface area contributed by atoms with Gasteiger partial charge in [0, 0.05) is 22.9 Å². The second kappa shape index (κ2) is 4.79. The van der Waals surface area contributed by atoms with Gasteiger partial charge in [0.15, 0.2) is 0 Å². The largest absolute Gasteiger partial charge is 0.550 e. The van der Waals surface area contributed by atoms with E-state index in [0.29, 0.717) is 10.6 Å². The van der Waals surface area contributed by atoms with Crippen molar-refractivity contribution in [2.45, 2.75) is 12.3 Å². The molecular formula is C10H7ClO4-2. The van der Waals surface area contributed by atoms with E-state index in [1.54, 1.807) is 0 Å². The molecule has 0 fully saturated rings. The molecule has 0 heterocycles. The highest BCUT2D eigenvalue weighted by Crippen LogP contribution is 2.20. The first-order valence-corrected chi connectivity index (χ1v) is 4.54. The summed E-state index contributed by atoms with van der Waals surface area (Å²) in [4.78, 5) is 21.0. The van der Waals surface area contributed by atoms with Crippen LogP contribution in [0, 0.1) is 0 Å². The summed E-state index contributed by atoms with van der Waals surface area (Å²) in [5.41, 5.74) is 0.337. The van der Waals surface area contributed by atoms with Crippen LogP contribution in [0.1, 0.15) is 17.9 Å². The smallest absolute Gasteiger partial charge is 0.0493 e. The molecule has 0 aliphatic heterocycles. The first-order chi connectivity index (χ1) is 7.00. The lowest BCUT2D eigenvalue weighted by Gasteiger charge is -2.18. The van der Waals surface area contributed by atoms with Crippen molar-refractivity contribution in [3.8, 4) is 0 Å². The molecule has 0 saturated heterocycles. The highest BCUT2D eigenvalue weighted by atomic mass is 35.5. The van der Waals surface area contributed by atoms with Crippen molar-refractivity contribution in [3.63, 3.8) is 0 Å². The third-order valence-corrected chi connectivity index (χ3v) is 2.18. The molecule has 0 N–H and O–H groups in total. The Morgan fingerprint density at radius 1 is 1.20 bits per heavy atom. The number of carboxylic acids is 2. The van der Waals surface area contributed by atoms with E-state index in [9.17, 15) is 19.8 Å². The molecule has 0 aliphatic carbocycles. The van der Waals surface area contributed by atoms with Crippen molar-refractivity contribution in [3.05, 3.63) is 34.9 Å². The van der Waals surface area contributed by atoms with Crippen LogP contribution in [-0.4, -0.2) is 11.9 Å². The van der Waals surface area contributed by atoms with Gasteiger partial charge in [0.2, 0.25) is 0 Å². The fourth-order valence-electron chi connectivity index (χ4n) is 1.20. The Morgan fingerprint density at radius 2 is 1.73 bits per heavy atom. The maximum atomic E-state index is 10.7. The number of halogens is 1. The number of hydrogen-bond acceptors (Lipinski definition) is 4. The standard InChI is InChI=1S/C10H9ClO4/c11-7-3-1-6(2-4-7)8(10(14)15)5-9(12)13/h1-4,8H,5H2,(H,12,13)(H,14,15)/p-2/t8-/m0/s1. The Balaban J connectivity index is 2.94. The maximum Gasteiger partial charge on any atom is 0.0493 e. The first kappa shape index (κ1) is 11.5. The number of rotatable bonds is 4. The van der Waals surface area contributed by atoms with Crippen LogP contribution >= 0.6 is 11.6 Å². The molecule has 0 unspecified atom stereocenters. The van der Waals surface area contributed by atoms with Gasteiger partial charge in [0.05, 0.1) is 0 Å². The summed E-state index contributed by atoms with van der Waals surface area (Å²) in [5, 5.41) is 21.5. The van der Waals surface area contributed by atoms with Crippen LogP contribution in [0.25, 0.3) is 0 Å². The quantitative estimate of drug-likeness (QED) is 0.681. The average Bonchev–Trinajstić information content (AvgIpc) is 2.15. The molecule has 5 heteroatoms. The van der Waals surface area contributed by atoms with Gasteiger partial charge in [0.1, 0.15) is 0 Å². The summed E-state index contributed by atoms with van der Waals surface area (Å²) in [6.07, 6.45) is -0.607. The van der Waals surface area contributed by atoms with Gasteiger partial charge in [-0.1, -0.05) is 23.7 Å². The van der Waals surface area contributed by atoms with Crippen LogP contribution < -0.4 is 10.2 Å². The Kier molecular flexibility index (Phi) is 3.68. The lowest BCUT2D eigenvalue weighted by atomic mass is 9.96. The lowest BCUT2D eigenvalue weighted by Crippen LogP contribution is -2.34. The van der Waals surface area contributed by atoms with Gasteiger partial charge in [-0.15, -0.1) is 0 Å². The zero-order chi connectivity index (χ0) is 11.4. The van der Waals surface area contributed by atoms with E-state index in [2.05, 4.69) is 0 Å². The summed E-state index contributed by atoms with van der Waals surface area (Å²) in [5.74, 6) is -4.08. The normalized spacial score (nSPS) is 12.1. The summed E-state index contributed by atoms with van der Waals surface area (Å²) < 4.78 is 0. The molecule has 0 saturated carbocycles. The van der Waals surface area contributed by atoms with Crippen LogP contribution in [-0.2, 0) is 9.59 Å². The number of carbonyl (C=O) groups excluding carboxylic acids is 2. The van der Waals surface area contributed by atoms with Gasteiger partial charge < -0.3 is 19.8 Å². The van der Waals surface area contributed by atoms with E-state index in [0.717, 1.165) is 0 Å². The van der Waals surface area contributed by atoms with E-state index in [1.165, 1.54) is 24.3 Å². The summed E-state index contributed by atoms with van der Waals surface area (Å²) in [6, 6.07) is 5.88. The second-order valence-corrected chi connectivity index (χ2v) is 3.44. The monoisotopic (exact) mass is 226 g/mol. The summed E-state index contributed by atoms with van der Waals surface area (Å²) in [7, 11) is 0. The van der Waals surface area contributed by atoms with Gasteiger partial charge in [0.25, 0.3) is 0 Å². The Labute approximate surface area is 91.1 Å². The molecule has 1 aromatic carbocycles. The van der Waals surface area contributed by atoms with Crippen LogP contribution in [0.2, 0.25) is 5.02 Å². The van der Waals surface area contributed by atoms with Gasteiger partial charge in [-0.3, -0.25) is 0 Å². The third-order valence-electron chi connectivity index (χ3n) is 1.93. The molecule has 1 aromatic rings. The predicted molar refractivity (Wildman–Crippen MR) is 48.8 cm³/mol. The first-order valence-electron chi connectivity index (χ1n) is 4.17. The third kappa shape index (κ3) is 3.25. The Bertz CT molecular complexity index is 372. The maximum absolute atomic E-state index is 10.7. The second-order valence-electron chi connectivity index (χ2n) is 3.00. The van der Waals surface area contributed by atoms with Gasteiger partial charge in [-0.05, 0) is 24.1 Å². The molecule has 0 radical (unpaired) electrons. The van der Waals surface area contributed by atoms with Crippen LogP contribution in [0.5, 0.6) is 0 Å². The predicted octanol–water partition coefficient (Wildman–Crippen LogP) is -0.686. The van der Waals surface area contributed by atoms with E-state index >= 15 is 0 Å². The molecule has 0 spiro atoms. The van der Waals surface area contributed by atoms with E-state index in [-0.39, 0.29) is 0 Å². The average molecular weight is 227 g/mol. The molecule has 0 amide bonds. The minimum atomic E-state index is -1.44. The molecule has 4 nitrogen and oxygen atoms in total. The molecule has 0 aliphatic rings. The summed E-state index contributed by atoms with van der Waals surface area (Å²) >= 11 is 5.61. The fourth-order valence-corrected chi connectivity index (χ4v) is 1.33. The highest BCUT2D eigenvalue weighted by molar-refractivity contribution is 6.30. The lowest BCUT2D eigenvalue weighted by molar-refractivity contribution is -0.317. The molecule has 0 bridgehead atoms. The molecule has 0 aromatic heterocycles. The van der Waals surface area contributed by atoms with Crippen molar-refractivity contribution in [2.24, 2.45) is 0 Å². The van der Waals surface area contributed by atoms with Gasteiger partial charge >= 0.3 is 0 Å². The SMILES string of the molecule is O=C([O-])C[C@H](C(=O)[O-])c1ccc(Cl)cc1. The number of hydrogen-bond donors (Lipinski definition) is 0. The minimum Gasteiger partial charge on any atom is -0.550 e. The highest BCUT2D eigenvalue weighted by Gasteiger charge is 2.12. The summed E-state index contributed by atoms with van der Waals surface area (Å²) in [6.45, 7) is 0. The molecule has 1 rings (SSSR count). The molecule has 80 valence electrons. The minimum absolute atomic E-state index is 0.337. The topological polar surface area (TPSA) is 80.3 Å².